The van der Waals surface area contributed by atoms with Crippen molar-refractivity contribution in [3.63, 3.8) is 0 Å². The van der Waals surface area contributed by atoms with Crippen molar-refractivity contribution in [2.45, 2.75) is 0 Å². The fourth-order valence-corrected chi connectivity index (χ4v) is 2.32. The molecule has 5 nitrogen and oxygen atoms in total. The first-order chi connectivity index (χ1) is 9.38. The van der Waals surface area contributed by atoms with Crippen molar-refractivity contribution in [2.24, 2.45) is 0 Å². The molecular weight excluding hydrogens is 392 g/mol. The summed E-state index contributed by atoms with van der Waals surface area (Å²) in [6, 6.07) is 4.25. The molecule has 0 saturated carbocycles. The van der Waals surface area contributed by atoms with Crippen LogP contribution in [0.5, 0.6) is 0 Å². The van der Waals surface area contributed by atoms with E-state index in [0.717, 1.165) is 0 Å². The lowest BCUT2D eigenvalue weighted by Gasteiger charge is -2.09. The molecule has 1 aromatic heterocycles. The van der Waals surface area contributed by atoms with Gasteiger partial charge in [0, 0.05) is 16.7 Å². The Labute approximate surface area is 137 Å². The Kier molecular flexibility index (Phi) is 4.70. The average molecular weight is 397 g/mol. The number of benzene rings is 1. The zero-order chi connectivity index (χ0) is 14.9. The zero-order valence-corrected chi connectivity index (χ0v) is 13.4. The average Bonchev–Trinajstić information content (AvgIpc) is 2.37. The predicted molar refractivity (Wildman–Crippen MR) is 83.3 cm³/mol. The molecule has 0 amide bonds. The molecule has 20 heavy (non-hydrogen) atoms. The molecule has 0 atom stereocenters. The van der Waals surface area contributed by atoms with Crippen molar-refractivity contribution in [2.75, 3.05) is 5.32 Å². The van der Waals surface area contributed by atoms with Crippen LogP contribution in [0.3, 0.4) is 0 Å². The second-order valence-electron chi connectivity index (χ2n) is 3.65. The summed E-state index contributed by atoms with van der Waals surface area (Å²) in [4.78, 5) is 14.4. The van der Waals surface area contributed by atoms with Gasteiger partial charge in [0.25, 0.3) is 0 Å². The molecule has 1 N–H and O–H groups in total. The minimum Gasteiger partial charge on any atom is -0.333 e. The van der Waals surface area contributed by atoms with Crippen LogP contribution in [0.2, 0.25) is 15.1 Å². The summed E-state index contributed by atoms with van der Waals surface area (Å²) in [6.07, 6.45) is 1.43. The molecule has 0 bridgehead atoms. The zero-order valence-electron chi connectivity index (χ0n) is 9.53. The standard InChI is InChI=1S/C11H5BrCl3N3O2/c12-5-1-10(18(19)20)11(16-4-5)17-9-3-7(14)6(13)2-8(9)15/h1-4H,(H,16,17). The summed E-state index contributed by atoms with van der Waals surface area (Å²) < 4.78 is 0.495. The maximum Gasteiger partial charge on any atom is 0.312 e. The smallest absolute Gasteiger partial charge is 0.312 e. The summed E-state index contributed by atoms with van der Waals surface area (Å²) in [7, 11) is 0. The van der Waals surface area contributed by atoms with Crippen molar-refractivity contribution in [3.8, 4) is 0 Å². The Morgan fingerprint density at radius 3 is 2.45 bits per heavy atom. The summed E-state index contributed by atoms with van der Waals surface area (Å²) in [6.45, 7) is 0. The largest absolute Gasteiger partial charge is 0.333 e. The molecular formula is C11H5BrCl3N3O2. The van der Waals surface area contributed by atoms with Gasteiger partial charge in [-0.15, -0.1) is 0 Å². The highest BCUT2D eigenvalue weighted by Gasteiger charge is 2.17. The molecule has 2 aromatic rings. The third kappa shape index (κ3) is 3.32. The summed E-state index contributed by atoms with van der Waals surface area (Å²) in [5.74, 6) is 0.0542. The lowest BCUT2D eigenvalue weighted by molar-refractivity contribution is -0.384. The van der Waals surface area contributed by atoms with Crippen molar-refractivity contribution in [3.05, 3.63) is 54.1 Å². The second kappa shape index (κ2) is 6.13. The highest BCUT2D eigenvalue weighted by molar-refractivity contribution is 9.10. The quantitative estimate of drug-likeness (QED) is 0.424. The number of anilines is 2. The van der Waals surface area contributed by atoms with Crippen LogP contribution in [0, 0.1) is 10.1 Å². The van der Waals surface area contributed by atoms with E-state index in [1.165, 1.54) is 24.4 Å². The van der Waals surface area contributed by atoms with E-state index in [2.05, 4.69) is 26.2 Å². The highest BCUT2D eigenvalue weighted by Crippen LogP contribution is 2.35. The van der Waals surface area contributed by atoms with Crippen LogP contribution in [-0.2, 0) is 0 Å². The van der Waals surface area contributed by atoms with Crippen LogP contribution >= 0.6 is 50.7 Å². The number of hydrogen-bond donors (Lipinski definition) is 1. The van der Waals surface area contributed by atoms with Gasteiger partial charge in [-0.3, -0.25) is 10.1 Å². The van der Waals surface area contributed by atoms with Crippen molar-refractivity contribution in [1.29, 1.82) is 0 Å². The van der Waals surface area contributed by atoms with Gasteiger partial charge in [-0.05, 0) is 28.1 Å². The Balaban J connectivity index is 2.45. The van der Waals surface area contributed by atoms with Crippen LogP contribution in [0.1, 0.15) is 0 Å². The van der Waals surface area contributed by atoms with Gasteiger partial charge in [0.1, 0.15) is 0 Å². The van der Waals surface area contributed by atoms with E-state index in [1.807, 2.05) is 0 Å². The SMILES string of the molecule is O=[N+]([O-])c1cc(Br)cnc1Nc1cc(Cl)c(Cl)cc1Cl. The van der Waals surface area contributed by atoms with Gasteiger partial charge in [0.15, 0.2) is 0 Å². The molecule has 0 spiro atoms. The molecule has 1 aromatic carbocycles. The van der Waals surface area contributed by atoms with Gasteiger partial charge in [-0.2, -0.15) is 0 Å². The van der Waals surface area contributed by atoms with Crippen LogP contribution in [0.4, 0.5) is 17.2 Å². The first-order valence-electron chi connectivity index (χ1n) is 5.10. The number of nitrogens with one attached hydrogen (secondary N) is 1. The second-order valence-corrected chi connectivity index (χ2v) is 5.79. The molecule has 0 aliphatic heterocycles. The van der Waals surface area contributed by atoms with E-state index < -0.39 is 4.92 Å². The molecule has 0 fully saturated rings. The van der Waals surface area contributed by atoms with Crippen LogP contribution in [-0.4, -0.2) is 9.91 Å². The number of aromatic nitrogens is 1. The lowest BCUT2D eigenvalue weighted by atomic mass is 10.3. The fraction of sp³-hybridized carbons (Fsp3) is 0. The highest BCUT2D eigenvalue weighted by atomic mass is 79.9. The first-order valence-corrected chi connectivity index (χ1v) is 7.02. The molecule has 0 radical (unpaired) electrons. The number of nitro groups is 1. The number of hydrogen-bond acceptors (Lipinski definition) is 4. The first kappa shape index (κ1) is 15.3. The Morgan fingerprint density at radius 2 is 1.80 bits per heavy atom. The minimum absolute atomic E-state index is 0.0542. The molecule has 2 rings (SSSR count). The van der Waals surface area contributed by atoms with Crippen LogP contribution in [0.25, 0.3) is 0 Å². The maximum atomic E-state index is 11.0. The normalized spacial score (nSPS) is 10.4. The van der Waals surface area contributed by atoms with E-state index in [4.69, 9.17) is 34.8 Å². The number of rotatable bonds is 3. The molecule has 1 heterocycles. The van der Waals surface area contributed by atoms with Crippen LogP contribution in [0.15, 0.2) is 28.9 Å². The van der Waals surface area contributed by atoms with E-state index in [9.17, 15) is 10.1 Å². The van der Waals surface area contributed by atoms with E-state index >= 15 is 0 Å². The van der Waals surface area contributed by atoms with Gasteiger partial charge < -0.3 is 5.32 Å². The Hall–Kier alpha value is -1.08. The summed E-state index contributed by atoms with van der Waals surface area (Å²) >= 11 is 20.8. The van der Waals surface area contributed by atoms with Crippen molar-refractivity contribution in [1.82, 2.24) is 4.98 Å². The fourth-order valence-electron chi connectivity index (χ4n) is 1.41. The molecule has 0 saturated heterocycles. The molecule has 0 unspecified atom stereocenters. The van der Waals surface area contributed by atoms with E-state index in [-0.39, 0.29) is 21.6 Å². The lowest BCUT2D eigenvalue weighted by Crippen LogP contribution is -2.00. The topological polar surface area (TPSA) is 68.1 Å². The predicted octanol–water partition coefficient (Wildman–Crippen LogP) is 5.46. The van der Waals surface area contributed by atoms with Crippen LogP contribution < -0.4 is 5.32 Å². The molecule has 9 heteroatoms. The van der Waals surface area contributed by atoms with Gasteiger partial charge >= 0.3 is 5.69 Å². The van der Waals surface area contributed by atoms with Gasteiger partial charge in [-0.25, -0.2) is 4.98 Å². The Morgan fingerprint density at radius 1 is 1.15 bits per heavy atom. The molecule has 0 aliphatic rings. The molecule has 104 valence electrons. The number of halogens is 4. The van der Waals surface area contributed by atoms with E-state index in [1.54, 1.807) is 0 Å². The van der Waals surface area contributed by atoms with Crippen molar-refractivity contribution >= 4 is 67.9 Å². The van der Waals surface area contributed by atoms with Gasteiger partial charge in [0.2, 0.25) is 5.82 Å². The van der Waals surface area contributed by atoms with Gasteiger partial charge in [0.05, 0.1) is 25.7 Å². The third-order valence-corrected chi connectivity index (χ3v) is 3.76. The molecule has 0 aliphatic carbocycles. The minimum atomic E-state index is -0.550. The monoisotopic (exact) mass is 395 g/mol. The summed E-state index contributed by atoms with van der Waals surface area (Å²) in [5, 5.41) is 14.6. The van der Waals surface area contributed by atoms with E-state index in [0.29, 0.717) is 15.2 Å². The van der Waals surface area contributed by atoms with Crippen molar-refractivity contribution < 1.29 is 4.92 Å². The maximum absolute atomic E-state index is 11.0. The number of pyridine rings is 1. The van der Waals surface area contributed by atoms with Gasteiger partial charge in [-0.1, -0.05) is 34.8 Å². The Bertz CT molecular complexity index is 697. The summed E-state index contributed by atoms with van der Waals surface area (Å²) in [5.41, 5.74) is 0.181. The third-order valence-electron chi connectivity index (χ3n) is 2.29. The number of nitrogens with zero attached hydrogens (tertiary/aromatic N) is 2.